The predicted octanol–water partition coefficient (Wildman–Crippen LogP) is 4.03. The Bertz CT molecular complexity index is 655. The van der Waals surface area contributed by atoms with Crippen molar-refractivity contribution in [2.45, 2.75) is 29.0 Å². The van der Waals surface area contributed by atoms with Crippen LogP contribution in [0.15, 0.2) is 59.5 Å². The van der Waals surface area contributed by atoms with Gasteiger partial charge in [0.1, 0.15) is 0 Å². The Morgan fingerprint density at radius 3 is 2.60 bits per heavy atom. The highest BCUT2D eigenvalue weighted by molar-refractivity contribution is 7.99. The number of amides is 1. The molecule has 0 radical (unpaired) electrons. The standard InChI is InChI=1S/C17H15NOS/c19-16-11-10-14-17(12-6-2-1-3-7-12)20-15-9-5-4-8-13(15)18(14)16/h1-9,14,17H,10-11H2/t14-,17-/m0/s1. The SMILES string of the molecule is O=C1CC[C@H]2[C@H](c3ccccc3)Sc3ccccc3N12. The first-order chi connectivity index (χ1) is 9.84. The lowest BCUT2D eigenvalue weighted by molar-refractivity contribution is -0.117. The van der Waals surface area contributed by atoms with Crippen LogP contribution in [0.3, 0.4) is 0 Å². The van der Waals surface area contributed by atoms with Gasteiger partial charge < -0.3 is 4.90 Å². The largest absolute Gasteiger partial charge is 0.307 e. The Hall–Kier alpha value is -1.74. The number of carbonyl (C=O) groups is 1. The molecule has 3 heteroatoms. The summed E-state index contributed by atoms with van der Waals surface area (Å²) in [4.78, 5) is 15.5. The third-order valence-corrected chi connectivity index (χ3v) is 5.55. The summed E-state index contributed by atoms with van der Waals surface area (Å²) in [5.41, 5.74) is 2.41. The van der Waals surface area contributed by atoms with Crippen molar-refractivity contribution in [1.29, 1.82) is 0 Å². The fourth-order valence-electron chi connectivity index (χ4n) is 3.21. The zero-order valence-electron chi connectivity index (χ0n) is 11.0. The fourth-order valence-corrected chi connectivity index (χ4v) is 4.64. The maximum atomic E-state index is 12.3. The van der Waals surface area contributed by atoms with Crippen LogP contribution in [-0.2, 0) is 4.79 Å². The number of anilines is 1. The van der Waals surface area contributed by atoms with Crippen molar-refractivity contribution < 1.29 is 4.79 Å². The minimum Gasteiger partial charge on any atom is -0.307 e. The number of nitrogens with zero attached hydrogens (tertiary/aromatic N) is 1. The van der Waals surface area contributed by atoms with Crippen LogP contribution in [0.1, 0.15) is 23.7 Å². The normalized spacial score (nSPS) is 24.4. The molecule has 0 spiro atoms. The molecule has 1 amide bonds. The van der Waals surface area contributed by atoms with E-state index in [0.717, 1.165) is 12.1 Å². The van der Waals surface area contributed by atoms with E-state index >= 15 is 0 Å². The molecule has 4 rings (SSSR count). The molecule has 20 heavy (non-hydrogen) atoms. The molecule has 0 unspecified atom stereocenters. The van der Waals surface area contributed by atoms with Gasteiger partial charge in [-0.2, -0.15) is 0 Å². The van der Waals surface area contributed by atoms with Gasteiger partial charge in [0.2, 0.25) is 5.91 Å². The average Bonchev–Trinajstić information content (AvgIpc) is 2.90. The van der Waals surface area contributed by atoms with Gasteiger partial charge in [-0.1, -0.05) is 42.5 Å². The second-order valence-corrected chi connectivity index (χ2v) is 6.47. The van der Waals surface area contributed by atoms with Gasteiger partial charge >= 0.3 is 0 Å². The summed E-state index contributed by atoms with van der Waals surface area (Å²) < 4.78 is 0. The van der Waals surface area contributed by atoms with Gasteiger partial charge in [0.05, 0.1) is 17.0 Å². The topological polar surface area (TPSA) is 20.3 Å². The van der Waals surface area contributed by atoms with Crippen LogP contribution in [0, 0.1) is 0 Å². The molecule has 100 valence electrons. The number of fused-ring (bicyclic) bond motifs is 3. The minimum absolute atomic E-state index is 0.267. The predicted molar refractivity (Wildman–Crippen MR) is 82.0 cm³/mol. The molecule has 2 aliphatic heterocycles. The molecular weight excluding hydrogens is 266 g/mol. The van der Waals surface area contributed by atoms with E-state index in [2.05, 4.69) is 42.5 Å². The van der Waals surface area contributed by atoms with Gasteiger partial charge in [-0.15, -0.1) is 11.8 Å². The molecule has 0 aromatic heterocycles. The van der Waals surface area contributed by atoms with Crippen molar-refractivity contribution in [1.82, 2.24) is 0 Å². The van der Waals surface area contributed by atoms with Crippen LogP contribution in [0.4, 0.5) is 5.69 Å². The number of hydrogen-bond donors (Lipinski definition) is 0. The molecule has 0 bridgehead atoms. The Morgan fingerprint density at radius 1 is 1.00 bits per heavy atom. The van der Waals surface area contributed by atoms with Crippen LogP contribution < -0.4 is 4.90 Å². The molecule has 2 aromatic carbocycles. The van der Waals surface area contributed by atoms with Crippen LogP contribution in [0.5, 0.6) is 0 Å². The minimum atomic E-state index is 0.267. The highest BCUT2D eigenvalue weighted by atomic mass is 32.2. The summed E-state index contributed by atoms with van der Waals surface area (Å²) in [6.45, 7) is 0. The highest BCUT2D eigenvalue weighted by Crippen LogP contribution is 2.52. The molecule has 2 aliphatic rings. The van der Waals surface area contributed by atoms with E-state index in [1.54, 1.807) is 0 Å². The second-order valence-electron chi connectivity index (χ2n) is 5.29. The fraction of sp³-hybridized carbons (Fsp3) is 0.235. The zero-order valence-corrected chi connectivity index (χ0v) is 11.8. The third kappa shape index (κ3) is 1.77. The van der Waals surface area contributed by atoms with Gasteiger partial charge in [-0.25, -0.2) is 0 Å². The van der Waals surface area contributed by atoms with E-state index in [9.17, 15) is 4.79 Å². The summed E-state index contributed by atoms with van der Waals surface area (Å²) in [6, 6.07) is 19.1. The summed E-state index contributed by atoms with van der Waals surface area (Å²) in [7, 11) is 0. The number of hydrogen-bond acceptors (Lipinski definition) is 2. The molecule has 2 nitrogen and oxygen atoms in total. The molecule has 0 aliphatic carbocycles. The van der Waals surface area contributed by atoms with E-state index < -0.39 is 0 Å². The molecule has 2 heterocycles. The Labute approximate surface area is 122 Å². The molecular formula is C17H15NOS. The molecule has 0 N–H and O–H groups in total. The summed E-state index contributed by atoms with van der Waals surface area (Å²) in [5.74, 6) is 0.267. The Morgan fingerprint density at radius 2 is 1.75 bits per heavy atom. The van der Waals surface area contributed by atoms with Crippen LogP contribution in [0.25, 0.3) is 0 Å². The summed E-state index contributed by atoms with van der Waals surface area (Å²) in [5, 5.41) is 0.345. The molecule has 1 fully saturated rings. The van der Waals surface area contributed by atoms with Crippen molar-refractivity contribution in [3.05, 3.63) is 60.2 Å². The lowest BCUT2D eigenvalue weighted by Crippen LogP contribution is -2.39. The Kier molecular flexibility index (Phi) is 2.81. The zero-order chi connectivity index (χ0) is 13.5. The molecule has 2 atom stereocenters. The number of benzene rings is 2. The number of rotatable bonds is 1. The van der Waals surface area contributed by atoms with E-state index in [0.29, 0.717) is 17.7 Å². The number of carbonyl (C=O) groups excluding carboxylic acids is 1. The molecule has 0 saturated carbocycles. The van der Waals surface area contributed by atoms with Crippen LogP contribution >= 0.6 is 11.8 Å². The van der Waals surface area contributed by atoms with Crippen LogP contribution in [-0.4, -0.2) is 11.9 Å². The van der Waals surface area contributed by atoms with Crippen LogP contribution in [0.2, 0.25) is 0 Å². The summed E-state index contributed by atoms with van der Waals surface area (Å²) in [6.07, 6.45) is 1.63. The number of thioether (sulfide) groups is 1. The van der Waals surface area contributed by atoms with Crippen molar-refractivity contribution in [3.63, 3.8) is 0 Å². The maximum absolute atomic E-state index is 12.3. The number of para-hydroxylation sites is 1. The van der Waals surface area contributed by atoms with E-state index in [1.165, 1.54) is 10.5 Å². The van der Waals surface area contributed by atoms with E-state index in [1.807, 2.05) is 28.8 Å². The lowest BCUT2D eigenvalue weighted by Gasteiger charge is -2.37. The molecule has 2 aromatic rings. The smallest absolute Gasteiger partial charge is 0.227 e. The first-order valence-electron chi connectivity index (χ1n) is 6.97. The van der Waals surface area contributed by atoms with Gasteiger partial charge in [0.25, 0.3) is 0 Å². The second kappa shape index (κ2) is 4.67. The van der Waals surface area contributed by atoms with Gasteiger partial charge in [0.15, 0.2) is 0 Å². The maximum Gasteiger partial charge on any atom is 0.227 e. The van der Waals surface area contributed by atoms with Crippen molar-refractivity contribution in [3.8, 4) is 0 Å². The lowest BCUT2D eigenvalue weighted by atomic mass is 10.0. The van der Waals surface area contributed by atoms with Crippen molar-refractivity contribution in [2.75, 3.05) is 4.90 Å². The van der Waals surface area contributed by atoms with Gasteiger partial charge in [-0.05, 0) is 24.1 Å². The third-order valence-electron chi connectivity index (χ3n) is 4.11. The van der Waals surface area contributed by atoms with Gasteiger partial charge in [0, 0.05) is 11.3 Å². The monoisotopic (exact) mass is 281 g/mol. The van der Waals surface area contributed by atoms with E-state index in [-0.39, 0.29) is 5.91 Å². The molecule has 1 saturated heterocycles. The Balaban J connectivity index is 1.83. The average molecular weight is 281 g/mol. The summed E-state index contributed by atoms with van der Waals surface area (Å²) >= 11 is 1.89. The van der Waals surface area contributed by atoms with Crippen molar-refractivity contribution in [2.24, 2.45) is 0 Å². The quantitative estimate of drug-likeness (QED) is 0.786. The first-order valence-corrected chi connectivity index (χ1v) is 7.85. The van der Waals surface area contributed by atoms with E-state index in [4.69, 9.17) is 0 Å². The first kappa shape index (κ1) is 12.0. The highest BCUT2D eigenvalue weighted by Gasteiger charge is 2.42. The van der Waals surface area contributed by atoms with Gasteiger partial charge in [-0.3, -0.25) is 4.79 Å². The van der Waals surface area contributed by atoms with Crippen molar-refractivity contribution >= 4 is 23.4 Å².